The number of hydrogen-bond donors (Lipinski definition) is 4. The lowest BCUT2D eigenvalue weighted by Crippen LogP contribution is -2.48. The van der Waals surface area contributed by atoms with Crippen LogP contribution < -0.4 is 15.4 Å². The van der Waals surface area contributed by atoms with Gasteiger partial charge in [-0.25, -0.2) is 21.9 Å². The monoisotopic (exact) mass is 634 g/mol. The first-order valence-corrected chi connectivity index (χ1v) is 13.7. The van der Waals surface area contributed by atoms with Crippen LogP contribution in [0.1, 0.15) is 27.4 Å². The van der Waals surface area contributed by atoms with Gasteiger partial charge in [0.25, 0.3) is 5.91 Å². The van der Waals surface area contributed by atoms with Crippen molar-refractivity contribution in [2.24, 2.45) is 0 Å². The van der Waals surface area contributed by atoms with Gasteiger partial charge >= 0.3 is 6.01 Å². The van der Waals surface area contributed by atoms with E-state index in [1.165, 1.54) is 6.92 Å². The molecular formula is C23H25F2IN4O5S. The van der Waals surface area contributed by atoms with E-state index in [9.17, 15) is 27.1 Å². The number of oxazole rings is 1. The summed E-state index contributed by atoms with van der Waals surface area (Å²) in [5.41, 5.74) is 1.33. The van der Waals surface area contributed by atoms with Crippen molar-refractivity contribution in [2.45, 2.75) is 32.0 Å². The van der Waals surface area contributed by atoms with Gasteiger partial charge in [0.2, 0.25) is 15.8 Å². The highest BCUT2D eigenvalue weighted by atomic mass is 127. The van der Waals surface area contributed by atoms with Gasteiger partial charge in [-0.05, 0) is 71.3 Å². The molecule has 36 heavy (non-hydrogen) atoms. The second kappa shape index (κ2) is 12.1. The number of hydrogen-bond acceptors (Lipinski definition) is 7. The minimum atomic E-state index is -3.69. The van der Waals surface area contributed by atoms with Gasteiger partial charge in [-0.3, -0.25) is 4.79 Å². The van der Waals surface area contributed by atoms with Crippen LogP contribution in [0.2, 0.25) is 0 Å². The Hall–Kier alpha value is -2.62. The van der Waals surface area contributed by atoms with Crippen molar-refractivity contribution in [2.75, 3.05) is 17.5 Å². The number of aromatic nitrogens is 1. The molecule has 0 radical (unpaired) electrons. The van der Waals surface area contributed by atoms with E-state index in [0.29, 0.717) is 6.54 Å². The van der Waals surface area contributed by atoms with Crippen LogP contribution >= 0.6 is 22.6 Å². The summed E-state index contributed by atoms with van der Waals surface area (Å²) < 4.78 is 58.7. The number of carbonyl (C=O) groups excluding carboxylic acids is 1. The molecule has 0 aliphatic carbocycles. The number of sulfonamides is 1. The van der Waals surface area contributed by atoms with Crippen molar-refractivity contribution in [3.05, 3.63) is 80.3 Å². The number of aryl methyl sites for hydroxylation is 1. The molecule has 0 fully saturated rings. The third-order valence-corrected chi connectivity index (χ3v) is 6.22. The lowest BCUT2D eigenvalue weighted by atomic mass is 10.00. The Bertz CT molecular complexity index is 1320. The van der Waals surface area contributed by atoms with Crippen LogP contribution in [0.5, 0.6) is 0 Å². The number of halogens is 3. The summed E-state index contributed by atoms with van der Waals surface area (Å²) in [7, 11) is -3.69. The maximum absolute atomic E-state index is 13.7. The van der Waals surface area contributed by atoms with Crippen molar-refractivity contribution in [3.63, 3.8) is 0 Å². The molecule has 0 saturated carbocycles. The molecule has 2 atom stereocenters. The highest BCUT2D eigenvalue weighted by molar-refractivity contribution is 14.1. The van der Waals surface area contributed by atoms with Crippen LogP contribution in [0.15, 0.2) is 46.9 Å². The molecule has 0 saturated heterocycles. The fourth-order valence-corrected chi connectivity index (χ4v) is 4.47. The summed E-state index contributed by atoms with van der Waals surface area (Å²) in [6.45, 7) is 1.96. The fourth-order valence-electron chi connectivity index (χ4n) is 3.46. The number of benzene rings is 2. The maximum atomic E-state index is 13.7. The van der Waals surface area contributed by atoms with Gasteiger partial charge in [0.15, 0.2) is 0 Å². The number of aliphatic hydroxyl groups is 1. The molecule has 0 spiro atoms. The minimum absolute atomic E-state index is 0.0600. The largest absolute Gasteiger partial charge is 0.417 e. The van der Waals surface area contributed by atoms with Crippen molar-refractivity contribution in [1.82, 2.24) is 15.6 Å². The van der Waals surface area contributed by atoms with E-state index in [0.717, 1.165) is 33.6 Å². The molecule has 194 valence electrons. The van der Waals surface area contributed by atoms with E-state index in [1.54, 1.807) is 0 Å². The average Bonchev–Trinajstić information content (AvgIpc) is 3.10. The molecule has 1 heterocycles. The lowest BCUT2D eigenvalue weighted by Gasteiger charge is -2.24. The highest BCUT2D eigenvalue weighted by Crippen LogP contribution is 2.17. The van der Waals surface area contributed by atoms with E-state index in [1.807, 2.05) is 29.0 Å². The molecule has 3 aromatic rings. The smallest absolute Gasteiger partial charge is 0.309 e. The predicted octanol–water partition coefficient (Wildman–Crippen LogP) is 2.73. The molecule has 3 rings (SSSR count). The Morgan fingerprint density at radius 2 is 1.86 bits per heavy atom. The number of carbonyl (C=O) groups is 1. The van der Waals surface area contributed by atoms with Gasteiger partial charge in [-0.2, -0.15) is 4.98 Å². The minimum Gasteiger partial charge on any atom is -0.417 e. The topological polar surface area (TPSA) is 134 Å². The fraction of sp³-hybridized carbons (Fsp3) is 0.304. The first kappa shape index (κ1) is 28.0. The van der Waals surface area contributed by atoms with Gasteiger partial charge in [0.05, 0.1) is 24.1 Å². The quantitative estimate of drug-likeness (QED) is 0.239. The molecular weight excluding hydrogens is 609 g/mol. The van der Waals surface area contributed by atoms with Gasteiger partial charge in [0.1, 0.15) is 11.6 Å². The number of amides is 1. The molecule has 0 aliphatic heterocycles. The van der Waals surface area contributed by atoms with Crippen LogP contribution in [0.4, 0.5) is 14.8 Å². The standard InChI is InChI=1S/C23H25F2IN4O5S/c1-13-21(35-23(28-13)30-36(2,33)34)22(32)29-19(9-15-6-16(24)10-17(25)7-15)20(31)12-27-11-14-4-3-5-18(26)8-14/h3-8,10,19-20,27,31H,9,11-12H2,1-2H3,(H,28,30)(H,29,32)/t19-,20-/m0/s1. The summed E-state index contributed by atoms with van der Waals surface area (Å²) in [6, 6.07) is 9.35. The highest BCUT2D eigenvalue weighted by Gasteiger charge is 2.26. The van der Waals surface area contributed by atoms with Crippen molar-refractivity contribution < 1.29 is 31.5 Å². The Balaban J connectivity index is 1.76. The Labute approximate surface area is 220 Å². The van der Waals surface area contributed by atoms with E-state index < -0.39 is 39.7 Å². The number of anilines is 1. The summed E-state index contributed by atoms with van der Waals surface area (Å²) in [6.07, 6.45) is -0.339. The van der Waals surface area contributed by atoms with Crippen LogP contribution in [-0.2, 0) is 23.0 Å². The average molecular weight is 634 g/mol. The maximum Gasteiger partial charge on any atom is 0.309 e. The first-order chi connectivity index (χ1) is 16.9. The van der Waals surface area contributed by atoms with E-state index in [2.05, 4.69) is 38.2 Å². The molecule has 9 nitrogen and oxygen atoms in total. The Kier molecular flexibility index (Phi) is 9.38. The number of aliphatic hydroxyl groups excluding tert-OH is 1. The zero-order valence-corrected chi connectivity index (χ0v) is 22.4. The van der Waals surface area contributed by atoms with Crippen LogP contribution in [0.25, 0.3) is 0 Å². The van der Waals surface area contributed by atoms with Gasteiger partial charge in [-0.15, -0.1) is 0 Å². The van der Waals surface area contributed by atoms with E-state index >= 15 is 0 Å². The molecule has 1 amide bonds. The van der Waals surface area contributed by atoms with E-state index in [-0.39, 0.29) is 36.0 Å². The van der Waals surface area contributed by atoms with Gasteiger partial charge in [0, 0.05) is 22.7 Å². The van der Waals surface area contributed by atoms with Crippen LogP contribution in [0, 0.1) is 22.1 Å². The lowest BCUT2D eigenvalue weighted by molar-refractivity contribution is 0.0805. The Morgan fingerprint density at radius 1 is 1.17 bits per heavy atom. The predicted molar refractivity (Wildman–Crippen MR) is 138 cm³/mol. The third-order valence-electron chi connectivity index (χ3n) is 5.01. The van der Waals surface area contributed by atoms with Crippen molar-refractivity contribution in [1.29, 1.82) is 0 Å². The SMILES string of the molecule is Cc1nc(NS(C)(=O)=O)oc1C(=O)N[C@@H](Cc1cc(F)cc(F)c1)[C@@H](O)CNCc1cccc(I)c1. The summed E-state index contributed by atoms with van der Waals surface area (Å²) in [5, 5.41) is 16.6. The normalized spacial score (nSPS) is 13.3. The van der Waals surface area contributed by atoms with Crippen LogP contribution in [-0.4, -0.2) is 49.4 Å². The number of nitrogens with zero attached hydrogens (tertiary/aromatic N) is 1. The van der Waals surface area contributed by atoms with Crippen molar-refractivity contribution >= 4 is 44.5 Å². The van der Waals surface area contributed by atoms with E-state index in [4.69, 9.17) is 4.42 Å². The summed E-state index contributed by atoms with van der Waals surface area (Å²) in [5.74, 6) is -2.62. The Morgan fingerprint density at radius 3 is 2.50 bits per heavy atom. The second-order valence-electron chi connectivity index (χ2n) is 8.20. The molecule has 4 N–H and O–H groups in total. The van der Waals surface area contributed by atoms with Crippen LogP contribution in [0.3, 0.4) is 0 Å². The molecule has 0 unspecified atom stereocenters. The summed E-state index contributed by atoms with van der Waals surface area (Å²) >= 11 is 2.19. The first-order valence-electron chi connectivity index (χ1n) is 10.7. The third kappa shape index (κ3) is 8.50. The zero-order chi connectivity index (χ0) is 26.5. The second-order valence-corrected chi connectivity index (χ2v) is 11.2. The van der Waals surface area contributed by atoms with Gasteiger partial charge < -0.3 is 20.2 Å². The molecule has 2 aromatic carbocycles. The number of rotatable bonds is 11. The van der Waals surface area contributed by atoms with Gasteiger partial charge in [-0.1, -0.05) is 12.1 Å². The van der Waals surface area contributed by atoms with Crippen molar-refractivity contribution in [3.8, 4) is 0 Å². The zero-order valence-electron chi connectivity index (χ0n) is 19.4. The molecule has 0 bridgehead atoms. The molecule has 13 heteroatoms. The number of nitrogens with one attached hydrogen (secondary N) is 3. The molecule has 0 aliphatic rings. The molecule has 1 aromatic heterocycles. The summed E-state index contributed by atoms with van der Waals surface area (Å²) in [4.78, 5) is 16.8.